The lowest BCUT2D eigenvalue weighted by Gasteiger charge is -2.24. The van der Waals surface area contributed by atoms with Crippen LogP contribution in [0.4, 0.5) is 0 Å². The van der Waals surface area contributed by atoms with Crippen molar-refractivity contribution in [3.63, 3.8) is 0 Å². The van der Waals surface area contributed by atoms with Gasteiger partial charge in [-0.25, -0.2) is 4.99 Å². The van der Waals surface area contributed by atoms with Crippen LogP contribution >= 0.6 is 0 Å². The topological polar surface area (TPSA) is 102 Å². The first-order chi connectivity index (χ1) is 14.5. The second-order valence-corrected chi connectivity index (χ2v) is 6.55. The van der Waals surface area contributed by atoms with E-state index in [2.05, 4.69) is 21.9 Å². The predicted molar refractivity (Wildman–Crippen MR) is 122 cm³/mol. The molecule has 8 heteroatoms. The van der Waals surface area contributed by atoms with Gasteiger partial charge in [0.15, 0.2) is 0 Å². The molecule has 0 saturated heterocycles. The minimum Gasteiger partial charge on any atom is -0.469 e. The molecule has 0 fully saturated rings. The van der Waals surface area contributed by atoms with Gasteiger partial charge in [0.1, 0.15) is 12.0 Å². The molecule has 1 aromatic rings. The number of aliphatic imine (C=N–C) groups is 3. The van der Waals surface area contributed by atoms with E-state index in [1.54, 1.807) is 6.34 Å². The van der Waals surface area contributed by atoms with Crippen molar-refractivity contribution in [2.75, 3.05) is 20.3 Å². The highest BCUT2D eigenvalue weighted by molar-refractivity contribution is 5.94. The van der Waals surface area contributed by atoms with Crippen LogP contribution in [0.15, 0.2) is 39.2 Å². The summed E-state index contributed by atoms with van der Waals surface area (Å²) in [4.78, 5) is 26.7. The van der Waals surface area contributed by atoms with E-state index in [4.69, 9.17) is 15.2 Å². The third-order valence-corrected chi connectivity index (χ3v) is 4.16. The fourth-order valence-electron chi connectivity index (χ4n) is 2.59. The van der Waals surface area contributed by atoms with Gasteiger partial charge in [0.05, 0.1) is 33.0 Å². The number of unbranched alkanes of at least 4 members (excludes halogenated alkanes) is 1. The maximum atomic E-state index is 11.5. The lowest BCUT2D eigenvalue weighted by atomic mass is 10.1. The lowest BCUT2D eigenvalue weighted by Crippen LogP contribution is -2.31. The Morgan fingerprint density at radius 1 is 1.30 bits per heavy atom. The molecule has 0 saturated carbocycles. The van der Waals surface area contributed by atoms with E-state index in [0.717, 1.165) is 24.0 Å². The molecule has 0 aromatic heterocycles. The first kappa shape index (κ1) is 25.1. The molecule has 166 valence electrons. The largest absolute Gasteiger partial charge is 0.469 e. The summed E-state index contributed by atoms with van der Waals surface area (Å²) in [5.41, 5.74) is 7.84. The number of methoxy groups -OCH3 is 1. The van der Waals surface area contributed by atoms with Crippen molar-refractivity contribution in [3.05, 3.63) is 35.4 Å². The number of rotatable bonds is 7. The highest BCUT2D eigenvalue weighted by Gasteiger charge is 2.15. The molecule has 1 aromatic carbocycles. The molecule has 1 aliphatic rings. The van der Waals surface area contributed by atoms with Gasteiger partial charge < -0.3 is 20.1 Å². The van der Waals surface area contributed by atoms with Gasteiger partial charge in [0.2, 0.25) is 0 Å². The minimum atomic E-state index is -0.263. The molecule has 30 heavy (non-hydrogen) atoms. The van der Waals surface area contributed by atoms with Gasteiger partial charge in [-0.05, 0) is 24.5 Å². The molecule has 1 atom stereocenters. The molecule has 0 spiro atoms. The summed E-state index contributed by atoms with van der Waals surface area (Å²) in [6, 6.07) is 8.10. The Balaban J connectivity index is 0.00000218. The van der Waals surface area contributed by atoms with Gasteiger partial charge in [0, 0.05) is 6.54 Å². The second kappa shape index (κ2) is 14.1. The number of nitrogens with two attached hydrogens (primary N) is 1. The molecule has 1 unspecified atom stereocenters. The SMILES string of the molecule is CC.CCCCOC1=N/C(C)N(Cc2cccc(CC(=O)OC)c2)C=NC/C(N)=N\1. The molecule has 0 aliphatic carbocycles. The Hall–Kier alpha value is -2.90. The normalized spacial score (nSPS) is 19.6. The molecule has 8 nitrogen and oxygen atoms in total. The lowest BCUT2D eigenvalue weighted by molar-refractivity contribution is -0.139. The Morgan fingerprint density at radius 2 is 2.03 bits per heavy atom. The van der Waals surface area contributed by atoms with Crippen molar-refractivity contribution >= 4 is 24.2 Å². The first-order valence-electron chi connectivity index (χ1n) is 10.5. The van der Waals surface area contributed by atoms with Crippen molar-refractivity contribution in [1.29, 1.82) is 0 Å². The van der Waals surface area contributed by atoms with Gasteiger partial charge in [0.25, 0.3) is 0 Å². The summed E-state index contributed by atoms with van der Waals surface area (Å²) in [6.45, 7) is 9.45. The summed E-state index contributed by atoms with van der Waals surface area (Å²) < 4.78 is 10.4. The van der Waals surface area contributed by atoms with Gasteiger partial charge in [-0.3, -0.25) is 9.79 Å². The smallest absolute Gasteiger partial charge is 0.315 e. The number of benzene rings is 1. The molecule has 0 bridgehead atoms. The Morgan fingerprint density at radius 3 is 2.73 bits per heavy atom. The van der Waals surface area contributed by atoms with Crippen molar-refractivity contribution < 1.29 is 14.3 Å². The van der Waals surface area contributed by atoms with Crippen molar-refractivity contribution in [2.45, 2.75) is 59.7 Å². The number of esters is 1. The molecule has 1 aliphatic heterocycles. The van der Waals surface area contributed by atoms with Gasteiger partial charge in [-0.15, -0.1) is 0 Å². The number of amidine groups is 2. The monoisotopic (exact) mass is 417 g/mol. The number of nitrogens with zero attached hydrogens (tertiary/aromatic N) is 4. The van der Waals surface area contributed by atoms with Gasteiger partial charge in [-0.1, -0.05) is 51.5 Å². The Kier molecular flexibility index (Phi) is 11.8. The zero-order chi connectivity index (χ0) is 22.4. The standard InChI is InChI=1S/C20H29N5O3.C2H6/c1-4-5-9-28-20-23-15(2)25(14-22-12-18(21)24-20)13-17-8-6-7-16(10-17)11-19(26)27-3;1-2/h6-8,10,14-15H,4-5,9,11-13H2,1-3H3,(H2,21,23,24);1-2H3. The van der Waals surface area contributed by atoms with E-state index in [-0.39, 0.29) is 31.1 Å². The second-order valence-electron chi connectivity index (χ2n) is 6.55. The minimum absolute atomic E-state index is 0.237. The van der Waals surface area contributed by atoms with Crippen LogP contribution in [0.25, 0.3) is 0 Å². The summed E-state index contributed by atoms with van der Waals surface area (Å²) in [7, 11) is 1.39. The third-order valence-electron chi connectivity index (χ3n) is 4.16. The molecular weight excluding hydrogens is 382 g/mol. The Bertz CT molecular complexity index is 746. The molecule has 1 heterocycles. The average molecular weight is 418 g/mol. The van der Waals surface area contributed by atoms with Crippen LogP contribution in [0.3, 0.4) is 0 Å². The maximum Gasteiger partial charge on any atom is 0.315 e. The molecular formula is C22H35N5O3. The van der Waals surface area contributed by atoms with E-state index in [9.17, 15) is 4.79 Å². The van der Waals surface area contributed by atoms with Crippen molar-refractivity contribution in [1.82, 2.24) is 4.90 Å². The maximum absolute atomic E-state index is 11.5. The zero-order valence-electron chi connectivity index (χ0n) is 18.8. The van der Waals surface area contributed by atoms with Crippen molar-refractivity contribution in [2.24, 2.45) is 20.7 Å². The summed E-state index contributed by atoms with van der Waals surface area (Å²) in [5.74, 6) is 0.0987. The summed E-state index contributed by atoms with van der Waals surface area (Å²) in [6.07, 6.45) is 3.69. The van der Waals surface area contributed by atoms with Crippen LogP contribution in [0, 0.1) is 0 Å². The number of carbonyl (C=O) groups excluding carboxylic acids is 1. The van der Waals surface area contributed by atoms with Crippen LogP contribution in [0.5, 0.6) is 0 Å². The van der Waals surface area contributed by atoms with Crippen LogP contribution in [0.1, 0.15) is 51.7 Å². The van der Waals surface area contributed by atoms with Crippen LogP contribution in [-0.4, -0.2) is 55.5 Å². The van der Waals surface area contributed by atoms with Crippen LogP contribution < -0.4 is 5.73 Å². The van der Waals surface area contributed by atoms with E-state index >= 15 is 0 Å². The highest BCUT2D eigenvalue weighted by Crippen LogP contribution is 2.12. The number of carbonyl (C=O) groups is 1. The Labute approximate surface area is 179 Å². The molecule has 0 radical (unpaired) electrons. The van der Waals surface area contributed by atoms with E-state index < -0.39 is 0 Å². The number of hydrogen-bond acceptors (Lipinski definition) is 8. The van der Waals surface area contributed by atoms with Gasteiger partial charge >= 0.3 is 12.0 Å². The van der Waals surface area contributed by atoms with Gasteiger partial charge in [-0.2, -0.15) is 4.99 Å². The number of ether oxygens (including phenoxy) is 2. The summed E-state index contributed by atoms with van der Waals surface area (Å²) in [5, 5.41) is 0. The fourth-order valence-corrected chi connectivity index (χ4v) is 2.59. The third kappa shape index (κ3) is 9.07. The number of hydrogen-bond donors (Lipinski definition) is 1. The zero-order valence-corrected chi connectivity index (χ0v) is 18.8. The molecule has 2 N–H and O–H groups in total. The van der Waals surface area contributed by atoms with E-state index in [1.807, 2.05) is 49.9 Å². The quantitative estimate of drug-likeness (QED) is 0.542. The molecule has 2 rings (SSSR count). The highest BCUT2D eigenvalue weighted by atomic mass is 16.5. The average Bonchev–Trinajstić information content (AvgIpc) is 2.80. The van der Waals surface area contributed by atoms with E-state index in [1.165, 1.54) is 7.11 Å². The van der Waals surface area contributed by atoms with Crippen LogP contribution in [0.2, 0.25) is 0 Å². The first-order valence-corrected chi connectivity index (χ1v) is 10.5. The van der Waals surface area contributed by atoms with Crippen molar-refractivity contribution in [3.8, 4) is 0 Å². The summed E-state index contributed by atoms with van der Waals surface area (Å²) >= 11 is 0. The van der Waals surface area contributed by atoms with E-state index in [0.29, 0.717) is 19.0 Å². The predicted octanol–water partition coefficient (Wildman–Crippen LogP) is 3.15. The molecule has 0 amide bonds. The fraction of sp³-hybridized carbons (Fsp3) is 0.545. The van der Waals surface area contributed by atoms with Crippen LogP contribution in [-0.2, 0) is 27.2 Å².